The van der Waals surface area contributed by atoms with Gasteiger partial charge in [-0.25, -0.2) is 0 Å². The predicted molar refractivity (Wildman–Crippen MR) is 65.7 cm³/mol. The van der Waals surface area contributed by atoms with Gasteiger partial charge in [0.05, 0.1) is 0 Å². The topological polar surface area (TPSA) is 29.1 Å². The first-order valence-corrected chi connectivity index (χ1v) is 5.76. The molecule has 0 radical (unpaired) electrons. The van der Waals surface area contributed by atoms with Crippen molar-refractivity contribution >= 4 is 5.91 Å². The molecule has 0 saturated carbocycles. The first-order chi connectivity index (χ1) is 7.16. The van der Waals surface area contributed by atoms with Gasteiger partial charge in [-0.2, -0.15) is 0 Å². The largest absolute Gasteiger partial charge is 0.352 e. The molecule has 0 aromatic rings. The molecule has 0 aromatic heterocycles. The molecule has 0 unspecified atom stereocenters. The van der Waals surface area contributed by atoms with Gasteiger partial charge in [0.2, 0.25) is 5.91 Å². The Bertz CT molecular complexity index is 217. The Morgan fingerprint density at radius 2 is 1.87 bits per heavy atom. The van der Waals surface area contributed by atoms with Crippen LogP contribution in [0.15, 0.2) is 24.3 Å². The van der Waals surface area contributed by atoms with Crippen LogP contribution in [0.5, 0.6) is 0 Å². The van der Waals surface area contributed by atoms with Gasteiger partial charge in [0.15, 0.2) is 0 Å². The average molecular weight is 209 g/mol. The minimum absolute atomic E-state index is 0.0168. The smallest absolute Gasteiger partial charge is 0.243 e. The Hall–Kier alpha value is -1.05. The number of amides is 1. The van der Waals surface area contributed by atoms with Crippen molar-refractivity contribution in [3.05, 3.63) is 24.3 Å². The highest BCUT2D eigenvalue weighted by atomic mass is 16.1. The summed E-state index contributed by atoms with van der Waals surface area (Å²) in [5.74, 6) is 0.526. The van der Waals surface area contributed by atoms with Crippen LogP contribution in [-0.4, -0.2) is 12.5 Å². The van der Waals surface area contributed by atoms with Crippen molar-refractivity contribution in [1.29, 1.82) is 0 Å². The standard InChI is InChI=1S/C13H23NO/c1-4-5-6-7-8-9-10-13(15)14-11-12(2)3/h5-6,9-10,12H,4,7-8,11H2,1-3H3,(H,14,15)/b6-5-,10-9+. The summed E-state index contributed by atoms with van der Waals surface area (Å²) in [6, 6.07) is 0. The highest BCUT2D eigenvalue weighted by Crippen LogP contribution is 1.94. The highest BCUT2D eigenvalue weighted by molar-refractivity contribution is 5.87. The number of hydrogen-bond donors (Lipinski definition) is 1. The van der Waals surface area contributed by atoms with Crippen molar-refractivity contribution in [2.24, 2.45) is 5.92 Å². The third kappa shape index (κ3) is 10.9. The molecule has 15 heavy (non-hydrogen) atoms. The average Bonchev–Trinajstić information content (AvgIpc) is 2.20. The molecule has 0 aromatic carbocycles. The maximum absolute atomic E-state index is 11.2. The molecule has 0 fully saturated rings. The maximum atomic E-state index is 11.2. The molecular weight excluding hydrogens is 186 g/mol. The van der Waals surface area contributed by atoms with Crippen molar-refractivity contribution in [1.82, 2.24) is 5.32 Å². The Morgan fingerprint density at radius 1 is 1.20 bits per heavy atom. The van der Waals surface area contributed by atoms with Crippen LogP contribution < -0.4 is 5.32 Å². The molecule has 0 aliphatic carbocycles. The van der Waals surface area contributed by atoms with Crippen molar-refractivity contribution in [2.45, 2.75) is 40.0 Å². The molecule has 0 bridgehead atoms. The SMILES string of the molecule is CC/C=C\CC/C=C/C(=O)NCC(C)C. The van der Waals surface area contributed by atoms with Gasteiger partial charge in [0.25, 0.3) is 0 Å². The summed E-state index contributed by atoms with van der Waals surface area (Å²) in [7, 11) is 0. The van der Waals surface area contributed by atoms with Gasteiger partial charge in [-0.1, -0.05) is 39.0 Å². The van der Waals surface area contributed by atoms with Crippen LogP contribution >= 0.6 is 0 Å². The van der Waals surface area contributed by atoms with E-state index in [2.05, 4.69) is 38.2 Å². The molecule has 0 heterocycles. The maximum Gasteiger partial charge on any atom is 0.243 e. The van der Waals surface area contributed by atoms with E-state index in [0.717, 1.165) is 25.8 Å². The van der Waals surface area contributed by atoms with Crippen molar-refractivity contribution in [2.75, 3.05) is 6.54 Å². The van der Waals surface area contributed by atoms with Gasteiger partial charge in [-0.05, 0) is 31.3 Å². The van der Waals surface area contributed by atoms with Crippen molar-refractivity contribution in [3.63, 3.8) is 0 Å². The lowest BCUT2D eigenvalue weighted by atomic mass is 10.2. The summed E-state index contributed by atoms with van der Waals surface area (Å²) in [6.07, 6.45) is 10.9. The Labute approximate surface area is 93.5 Å². The fourth-order valence-corrected chi connectivity index (χ4v) is 1.03. The second-order valence-corrected chi connectivity index (χ2v) is 4.00. The summed E-state index contributed by atoms with van der Waals surface area (Å²) in [4.78, 5) is 11.2. The number of carbonyl (C=O) groups excluding carboxylic acids is 1. The molecule has 2 heteroatoms. The lowest BCUT2D eigenvalue weighted by Crippen LogP contribution is -2.25. The molecule has 2 nitrogen and oxygen atoms in total. The second kappa shape index (κ2) is 9.50. The van der Waals surface area contributed by atoms with Gasteiger partial charge in [0, 0.05) is 6.54 Å². The van der Waals surface area contributed by atoms with Gasteiger partial charge in [-0.15, -0.1) is 0 Å². The summed E-state index contributed by atoms with van der Waals surface area (Å²) in [6.45, 7) is 7.03. The minimum atomic E-state index is 0.0168. The zero-order valence-corrected chi connectivity index (χ0v) is 10.1. The van der Waals surface area contributed by atoms with Crippen LogP contribution in [0.25, 0.3) is 0 Å². The Kier molecular flexibility index (Phi) is 8.84. The zero-order valence-electron chi connectivity index (χ0n) is 10.1. The molecular formula is C13H23NO. The molecule has 1 N–H and O–H groups in total. The van der Waals surface area contributed by atoms with E-state index >= 15 is 0 Å². The Balaban J connectivity index is 3.50. The van der Waals surface area contributed by atoms with Gasteiger partial charge in [0.1, 0.15) is 0 Å². The Morgan fingerprint density at radius 3 is 2.47 bits per heavy atom. The lowest BCUT2D eigenvalue weighted by Gasteiger charge is -2.03. The summed E-state index contributed by atoms with van der Waals surface area (Å²) < 4.78 is 0. The first-order valence-electron chi connectivity index (χ1n) is 5.76. The summed E-state index contributed by atoms with van der Waals surface area (Å²) in [5, 5.41) is 2.84. The monoisotopic (exact) mass is 209 g/mol. The zero-order chi connectivity index (χ0) is 11.5. The van der Waals surface area contributed by atoms with E-state index in [4.69, 9.17) is 0 Å². The van der Waals surface area contributed by atoms with Crippen LogP contribution in [0, 0.1) is 5.92 Å². The van der Waals surface area contributed by atoms with Crippen LogP contribution in [-0.2, 0) is 4.79 Å². The van der Waals surface area contributed by atoms with Gasteiger partial charge >= 0.3 is 0 Å². The first kappa shape index (κ1) is 13.9. The molecule has 0 saturated heterocycles. The molecule has 0 aliphatic heterocycles. The lowest BCUT2D eigenvalue weighted by molar-refractivity contribution is -0.116. The minimum Gasteiger partial charge on any atom is -0.352 e. The van der Waals surface area contributed by atoms with Crippen molar-refractivity contribution in [3.8, 4) is 0 Å². The summed E-state index contributed by atoms with van der Waals surface area (Å²) in [5.41, 5.74) is 0. The normalized spacial score (nSPS) is 11.7. The molecule has 1 amide bonds. The van der Waals surface area contributed by atoms with Crippen LogP contribution in [0.2, 0.25) is 0 Å². The number of nitrogens with one attached hydrogen (secondary N) is 1. The number of rotatable bonds is 7. The van der Waals surface area contributed by atoms with Crippen LogP contribution in [0.4, 0.5) is 0 Å². The quantitative estimate of drug-likeness (QED) is 0.390. The number of allylic oxidation sites excluding steroid dienone is 3. The molecule has 0 aliphatic rings. The van der Waals surface area contributed by atoms with E-state index in [1.807, 2.05) is 6.08 Å². The van der Waals surface area contributed by atoms with E-state index in [0.29, 0.717) is 5.92 Å². The molecule has 0 atom stereocenters. The predicted octanol–water partition coefficient (Wildman–Crippen LogP) is 3.06. The number of unbranched alkanes of at least 4 members (excludes halogenated alkanes) is 1. The summed E-state index contributed by atoms with van der Waals surface area (Å²) >= 11 is 0. The van der Waals surface area contributed by atoms with E-state index in [1.165, 1.54) is 0 Å². The molecule has 0 rings (SSSR count). The fourth-order valence-electron chi connectivity index (χ4n) is 1.03. The van der Waals surface area contributed by atoms with E-state index in [9.17, 15) is 4.79 Å². The van der Waals surface area contributed by atoms with Crippen LogP contribution in [0.1, 0.15) is 40.0 Å². The fraction of sp³-hybridized carbons (Fsp3) is 0.615. The third-order valence-corrected chi connectivity index (χ3v) is 1.86. The highest BCUT2D eigenvalue weighted by Gasteiger charge is 1.96. The second-order valence-electron chi connectivity index (χ2n) is 4.00. The molecule has 86 valence electrons. The van der Waals surface area contributed by atoms with Gasteiger partial charge in [-0.3, -0.25) is 4.79 Å². The van der Waals surface area contributed by atoms with E-state index < -0.39 is 0 Å². The van der Waals surface area contributed by atoms with Gasteiger partial charge < -0.3 is 5.32 Å². The van der Waals surface area contributed by atoms with Crippen LogP contribution in [0.3, 0.4) is 0 Å². The number of hydrogen-bond acceptors (Lipinski definition) is 1. The third-order valence-electron chi connectivity index (χ3n) is 1.86. The van der Waals surface area contributed by atoms with Crippen molar-refractivity contribution < 1.29 is 4.79 Å². The van der Waals surface area contributed by atoms with E-state index in [-0.39, 0.29) is 5.91 Å². The van der Waals surface area contributed by atoms with E-state index in [1.54, 1.807) is 6.08 Å². The number of carbonyl (C=O) groups is 1. The molecule has 0 spiro atoms.